The van der Waals surface area contributed by atoms with E-state index in [1.54, 1.807) is 11.8 Å². The number of aromatic nitrogens is 4. The molecule has 1 saturated carbocycles. The Morgan fingerprint density at radius 2 is 1.74 bits per heavy atom. The quantitative estimate of drug-likeness (QED) is 0.198. The van der Waals surface area contributed by atoms with E-state index in [-0.39, 0.29) is 5.92 Å². The van der Waals surface area contributed by atoms with Gasteiger partial charge < -0.3 is 13.9 Å². The second-order valence-electron chi connectivity index (χ2n) is 8.99. The van der Waals surface area contributed by atoms with Gasteiger partial charge in [0.15, 0.2) is 17.3 Å². The molecule has 5 rings (SSSR count). The molecule has 0 spiro atoms. The van der Waals surface area contributed by atoms with E-state index < -0.39 is 15.1 Å². The van der Waals surface area contributed by atoms with Gasteiger partial charge >= 0.3 is 10.2 Å². The minimum atomic E-state index is -9.61. The van der Waals surface area contributed by atoms with E-state index >= 15 is 0 Å². The zero-order valence-electron chi connectivity index (χ0n) is 18.5. The van der Waals surface area contributed by atoms with Crippen LogP contribution in [0.4, 0.5) is 19.4 Å². The van der Waals surface area contributed by atoms with E-state index in [2.05, 4.69) is 20.1 Å². The number of thioether (sulfide) groups is 1. The fourth-order valence-electron chi connectivity index (χ4n) is 4.84. The van der Waals surface area contributed by atoms with E-state index in [1.807, 2.05) is 18.5 Å². The van der Waals surface area contributed by atoms with Gasteiger partial charge in [0.05, 0.1) is 5.69 Å². The van der Waals surface area contributed by atoms with Gasteiger partial charge in [0, 0.05) is 25.9 Å². The molecule has 34 heavy (non-hydrogen) atoms. The molecule has 1 aromatic carbocycles. The van der Waals surface area contributed by atoms with Crippen LogP contribution >= 0.6 is 22.0 Å². The van der Waals surface area contributed by atoms with Crippen LogP contribution < -0.4 is 0 Å². The molecule has 1 aliphatic carbocycles. The molecule has 2 atom stereocenters. The summed E-state index contributed by atoms with van der Waals surface area (Å²) in [5, 5.41) is 9.23. The van der Waals surface area contributed by atoms with Crippen LogP contribution in [0.25, 0.3) is 11.6 Å². The van der Waals surface area contributed by atoms with Crippen LogP contribution in [0.3, 0.4) is 0 Å². The Bertz CT molecular complexity index is 1200. The van der Waals surface area contributed by atoms with Crippen molar-refractivity contribution in [3.8, 4) is 11.6 Å². The van der Waals surface area contributed by atoms with Crippen molar-refractivity contribution in [2.24, 2.45) is 18.9 Å². The van der Waals surface area contributed by atoms with Gasteiger partial charge in [-0.25, -0.2) is 4.98 Å². The fourth-order valence-corrected chi connectivity index (χ4v) is 6.33. The van der Waals surface area contributed by atoms with Crippen molar-refractivity contribution in [2.45, 2.75) is 29.3 Å². The van der Waals surface area contributed by atoms with Crippen molar-refractivity contribution in [1.29, 1.82) is 0 Å². The maximum absolute atomic E-state index is 12.9. The summed E-state index contributed by atoms with van der Waals surface area (Å²) in [6.07, 6.45) is 2.34. The monoisotopic (exact) mass is 521 g/mol. The summed E-state index contributed by atoms with van der Waals surface area (Å²) >= 11 is 1.62. The Labute approximate surface area is 197 Å². The van der Waals surface area contributed by atoms with Crippen molar-refractivity contribution in [3.05, 3.63) is 41.9 Å². The van der Waals surface area contributed by atoms with E-state index in [0.717, 1.165) is 48.2 Å². The molecule has 0 amide bonds. The zero-order valence-corrected chi connectivity index (χ0v) is 20.1. The summed E-state index contributed by atoms with van der Waals surface area (Å²) in [4.78, 5) is 4.62. The first-order valence-electron chi connectivity index (χ1n) is 10.8. The van der Waals surface area contributed by atoms with Gasteiger partial charge in [-0.2, -0.15) is 0 Å². The first-order chi connectivity index (χ1) is 15.8. The number of nitrogens with zero attached hydrogens (tertiary/aromatic N) is 5. The SMILES string of the molecule is Cc1ncoc1-c1nnc(SCCCN2CC3C(C2)C3c2ccc(S(F)(F)(F)(F)F)cc2)n1C. The number of oxazole rings is 1. The van der Waals surface area contributed by atoms with Gasteiger partial charge in [0.1, 0.15) is 4.90 Å². The number of piperidine rings is 1. The highest BCUT2D eigenvalue weighted by Gasteiger charge is 2.65. The van der Waals surface area contributed by atoms with Gasteiger partial charge in [-0.05, 0) is 55.3 Å². The fraction of sp³-hybridized carbons (Fsp3) is 0.476. The number of rotatable bonds is 8. The number of likely N-dealkylation sites (tertiary alicyclic amines) is 1. The molecule has 2 aromatic heterocycles. The highest BCUT2D eigenvalue weighted by molar-refractivity contribution is 8.45. The number of halogens is 5. The number of benzene rings is 1. The minimum absolute atomic E-state index is 0.162. The van der Waals surface area contributed by atoms with E-state index in [4.69, 9.17) is 4.42 Å². The average Bonchev–Trinajstić information content (AvgIpc) is 3.10. The summed E-state index contributed by atoms with van der Waals surface area (Å²) in [6, 6.07) is 3.49. The molecule has 2 unspecified atom stereocenters. The minimum Gasteiger partial charge on any atom is -0.440 e. The molecule has 13 heteroatoms. The second-order valence-corrected chi connectivity index (χ2v) is 12.5. The van der Waals surface area contributed by atoms with Crippen LogP contribution in [-0.2, 0) is 7.05 Å². The average molecular weight is 522 g/mol. The van der Waals surface area contributed by atoms with Gasteiger partial charge in [0.2, 0.25) is 5.82 Å². The topological polar surface area (TPSA) is 60.0 Å². The van der Waals surface area contributed by atoms with Crippen LogP contribution in [0.5, 0.6) is 0 Å². The van der Waals surface area contributed by atoms with Crippen LogP contribution in [0, 0.1) is 18.8 Å². The van der Waals surface area contributed by atoms with Gasteiger partial charge in [-0.15, -0.1) is 10.2 Å². The molecule has 186 valence electrons. The number of hydrogen-bond donors (Lipinski definition) is 0. The molecular formula is C21H24F5N5OS2. The third kappa shape index (κ3) is 4.57. The van der Waals surface area contributed by atoms with Crippen molar-refractivity contribution in [2.75, 3.05) is 25.4 Å². The number of aryl methyl sites for hydroxylation is 1. The lowest BCUT2D eigenvalue weighted by atomic mass is 10.1. The standard InChI is InChI=1S/C21H24F5N5OS2/c1-13-19(32-12-27-13)20-28-29-21(30(20)2)33-9-3-8-31-10-16-17(11-31)18(16)14-4-6-15(7-5-14)34(22,23,24,25)26/h4-7,12,16-18H,3,8-11H2,1-2H3. The zero-order chi connectivity index (χ0) is 24.4. The maximum Gasteiger partial charge on any atom is 0.310 e. The molecule has 0 radical (unpaired) electrons. The number of fused-ring (bicyclic) bond motifs is 1. The Morgan fingerprint density at radius 1 is 1.06 bits per heavy atom. The summed E-state index contributed by atoms with van der Waals surface area (Å²) in [5.41, 5.74) is 1.48. The Balaban J connectivity index is 1.08. The number of hydrogen-bond acceptors (Lipinski definition) is 6. The maximum atomic E-state index is 12.9. The second kappa shape index (κ2) is 7.44. The summed E-state index contributed by atoms with van der Waals surface area (Å²) < 4.78 is 71.8. The Hall–Kier alpha value is -2.12. The van der Waals surface area contributed by atoms with Crippen LogP contribution in [0.1, 0.15) is 23.6 Å². The van der Waals surface area contributed by atoms with E-state index in [9.17, 15) is 19.4 Å². The highest BCUT2D eigenvalue weighted by atomic mass is 32.5. The van der Waals surface area contributed by atoms with Crippen LogP contribution in [0.2, 0.25) is 0 Å². The lowest BCUT2D eigenvalue weighted by Crippen LogP contribution is -2.25. The molecule has 0 bridgehead atoms. The van der Waals surface area contributed by atoms with Gasteiger partial charge in [0.25, 0.3) is 0 Å². The highest BCUT2D eigenvalue weighted by Crippen LogP contribution is 3.02. The van der Waals surface area contributed by atoms with Crippen molar-refractivity contribution in [1.82, 2.24) is 24.6 Å². The lowest BCUT2D eigenvalue weighted by molar-refractivity contribution is 0.299. The van der Waals surface area contributed by atoms with E-state index in [1.165, 1.54) is 18.5 Å². The molecular weight excluding hydrogens is 497 g/mol. The third-order valence-corrected chi connectivity index (χ3v) is 8.88. The predicted octanol–water partition coefficient (Wildman–Crippen LogP) is 6.26. The first-order valence-corrected chi connectivity index (χ1v) is 13.7. The normalized spacial score (nSPS) is 24.6. The van der Waals surface area contributed by atoms with Crippen molar-refractivity contribution >= 4 is 22.0 Å². The van der Waals surface area contributed by atoms with Crippen LogP contribution in [0.15, 0.2) is 45.1 Å². The van der Waals surface area contributed by atoms with Crippen molar-refractivity contribution < 1.29 is 23.8 Å². The molecule has 2 fully saturated rings. The Kier molecular flexibility index (Phi) is 5.17. The first kappa shape index (κ1) is 23.6. The molecule has 3 heterocycles. The molecule has 0 N–H and O–H groups in total. The smallest absolute Gasteiger partial charge is 0.310 e. The summed E-state index contributed by atoms with van der Waals surface area (Å²) in [5.74, 6) is 3.03. The molecule has 1 aliphatic heterocycles. The largest absolute Gasteiger partial charge is 0.440 e. The van der Waals surface area contributed by atoms with Crippen LogP contribution in [-0.4, -0.2) is 50.0 Å². The van der Waals surface area contributed by atoms with E-state index in [0.29, 0.717) is 35.6 Å². The summed E-state index contributed by atoms with van der Waals surface area (Å²) in [6.45, 7) is 4.52. The van der Waals surface area contributed by atoms with Gasteiger partial charge in [-0.3, -0.25) is 0 Å². The van der Waals surface area contributed by atoms with Gasteiger partial charge in [-0.1, -0.05) is 43.3 Å². The lowest BCUT2D eigenvalue weighted by Gasteiger charge is -2.40. The molecule has 6 nitrogen and oxygen atoms in total. The van der Waals surface area contributed by atoms with Crippen molar-refractivity contribution in [3.63, 3.8) is 0 Å². The third-order valence-electron chi connectivity index (χ3n) is 6.61. The molecule has 3 aromatic rings. The summed E-state index contributed by atoms with van der Waals surface area (Å²) in [7, 11) is -7.72. The Morgan fingerprint density at radius 3 is 2.32 bits per heavy atom. The molecule has 1 saturated heterocycles. The predicted molar refractivity (Wildman–Crippen MR) is 121 cm³/mol. The molecule has 2 aliphatic rings.